The lowest BCUT2D eigenvalue weighted by molar-refractivity contribution is -0.137. The number of ketones is 1. The first kappa shape index (κ1) is 16.2. The van der Waals surface area contributed by atoms with E-state index >= 15 is 0 Å². The molecule has 0 spiro atoms. The van der Waals surface area contributed by atoms with E-state index in [0.29, 0.717) is 20.6 Å². The summed E-state index contributed by atoms with van der Waals surface area (Å²) in [5.41, 5.74) is -0.598. The second-order valence-electron chi connectivity index (χ2n) is 4.52. The smallest absolute Gasteiger partial charge is 0.293 e. The highest BCUT2D eigenvalue weighted by Crippen LogP contribution is 2.40. The number of hydrogen-bond acceptors (Lipinski definition) is 2. The Morgan fingerprint density at radius 3 is 2.57 bits per heavy atom. The minimum absolute atomic E-state index is 0.0283. The van der Waals surface area contributed by atoms with Gasteiger partial charge in [-0.05, 0) is 30.7 Å². The van der Waals surface area contributed by atoms with Gasteiger partial charge in [-0.2, -0.15) is 13.2 Å². The summed E-state index contributed by atoms with van der Waals surface area (Å²) in [5, 5.41) is 0. The molecule has 0 fully saturated rings. The van der Waals surface area contributed by atoms with Crippen molar-refractivity contribution >= 4 is 33.0 Å². The largest absolute Gasteiger partial charge is 0.417 e. The molecule has 1 nitrogen and oxygen atoms in total. The van der Waals surface area contributed by atoms with E-state index < -0.39 is 11.7 Å². The van der Waals surface area contributed by atoms with Gasteiger partial charge in [0.15, 0.2) is 5.78 Å². The van der Waals surface area contributed by atoms with E-state index in [1.54, 1.807) is 18.2 Å². The van der Waals surface area contributed by atoms with E-state index in [-0.39, 0.29) is 11.3 Å². The summed E-state index contributed by atoms with van der Waals surface area (Å²) in [5.74, 6) is -0.0283. The molecule has 0 aliphatic carbocycles. The van der Waals surface area contributed by atoms with E-state index in [1.165, 1.54) is 6.07 Å². The third kappa shape index (κ3) is 3.74. The van der Waals surface area contributed by atoms with E-state index in [1.807, 2.05) is 6.92 Å². The van der Waals surface area contributed by atoms with Crippen LogP contribution in [0, 0.1) is 0 Å². The minimum Gasteiger partial charge on any atom is -0.293 e. The number of Topliss-reactive ketones (excluding diaryl/α,β-unsaturated/α-hetero) is 1. The molecule has 21 heavy (non-hydrogen) atoms. The Morgan fingerprint density at radius 2 is 1.95 bits per heavy atom. The van der Waals surface area contributed by atoms with Crippen molar-refractivity contribution in [2.45, 2.75) is 25.9 Å². The van der Waals surface area contributed by atoms with Gasteiger partial charge in [0.05, 0.1) is 10.4 Å². The zero-order valence-corrected chi connectivity index (χ0v) is 13.5. The van der Waals surface area contributed by atoms with Crippen molar-refractivity contribution < 1.29 is 18.0 Å². The lowest BCUT2D eigenvalue weighted by Gasteiger charge is -2.12. The lowest BCUT2D eigenvalue weighted by atomic mass is 10.1. The molecular formula is C15H12BrF3OS. The van der Waals surface area contributed by atoms with Crippen LogP contribution in [0.2, 0.25) is 0 Å². The topological polar surface area (TPSA) is 17.1 Å². The third-order valence-corrected chi connectivity index (χ3v) is 4.56. The Kier molecular flexibility index (Phi) is 4.88. The maximum atomic E-state index is 13.1. The maximum Gasteiger partial charge on any atom is 0.417 e. The Bertz CT molecular complexity index is 661. The van der Waals surface area contributed by atoms with Crippen molar-refractivity contribution in [3.05, 3.63) is 45.2 Å². The van der Waals surface area contributed by atoms with Crippen LogP contribution in [-0.2, 0) is 6.18 Å². The molecule has 2 aromatic rings. The van der Waals surface area contributed by atoms with Crippen LogP contribution in [0.4, 0.5) is 13.2 Å². The molecule has 0 saturated carbocycles. The molecule has 0 radical (unpaired) electrons. The molecule has 1 aromatic carbocycles. The molecule has 1 aromatic heterocycles. The molecule has 0 saturated heterocycles. The van der Waals surface area contributed by atoms with Gasteiger partial charge in [-0.1, -0.05) is 28.9 Å². The molecule has 112 valence electrons. The van der Waals surface area contributed by atoms with Crippen LogP contribution in [0.3, 0.4) is 0 Å². The summed E-state index contributed by atoms with van der Waals surface area (Å²) >= 11 is 4.16. The molecule has 0 amide bonds. The van der Waals surface area contributed by atoms with Crippen LogP contribution >= 0.6 is 27.3 Å². The normalized spacial score (nSPS) is 11.7. The predicted molar refractivity (Wildman–Crippen MR) is 81.7 cm³/mol. The molecule has 2 rings (SSSR count). The fourth-order valence-corrected chi connectivity index (χ4v) is 3.32. The third-order valence-electron chi connectivity index (χ3n) is 2.91. The first-order valence-corrected chi connectivity index (χ1v) is 7.94. The zero-order valence-electron chi connectivity index (χ0n) is 11.1. The van der Waals surface area contributed by atoms with Crippen LogP contribution in [0.1, 0.15) is 35.0 Å². The van der Waals surface area contributed by atoms with Crippen molar-refractivity contribution in [2.24, 2.45) is 0 Å². The van der Waals surface area contributed by atoms with Crippen molar-refractivity contribution in [1.29, 1.82) is 0 Å². The van der Waals surface area contributed by atoms with Crippen LogP contribution in [-0.4, -0.2) is 5.78 Å². The minimum atomic E-state index is -4.43. The monoisotopic (exact) mass is 376 g/mol. The highest BCUT2D eigenvalue weighted by Gasteiger charge is 2.34. The summed E-state index contributed by atoms with van der Waals surface area (Å²) in [6.07, 6.45) is -3.30. The number of alkyl halides is 3. The summed E-state index contributed by atoms with van der Waals surface area (Å²) < 4.78 is 39.7. The highest BCUT2D eigenvalue weighted by molar-refractivity contribution is 9.10. The number of benzene rings is 1. The van der Waals surface area contributed by atoms with Gasteiger partial charge in [0.2, 0.25) is 0 Å². The fourth-order valence-electron chi connectivity index (χ4n) is 1.95. The summed E-state index contributed by atoms with van der Waals surface area (Å²) in [6.45, 7) is 1.89. The number of rotatable bonds is 4. The molecular weight excluding hydrogens is 365 g/mol. The molecule has 0 aliphatic heterocycles. The first-order chi connectivity index (χ1) is 9.82. The number of hydrogen-bond donors (Lipinski definition) is 0. The number of halogens is 4. The van der Waals surface area contributed by atoms with Gasteiger partial charge >= 0.3 is 6.18 Å². The van der Waals surface area contributed by atoms with Gasteiger partial charge < -0.3 is 0 Å². The summed E-state index contributed by atoms with van der Waals surface area (Å²) in [6, 6.07) is 7.22. The van der Waals surface area contributed by atoms with Crippen molar-refractivity contribution in [2.75, 3.05) is 0 Å². The molecule has 0 bridgehead atoms. The summed E-state index contributed by atoms with van der Waals surface area (Å²) in [4.78, 5) is 12.8. The van der Waals surface area contributed by atoms with Crippen LogP contribution in [0.25, 0.3) is 10.4 Å². The maximum absolute atomic E-state index is 13.1. The van der Waals surface area contributed by atoms with Crippen molar-refractivity contribution in [1.82, 2.24) is 0 Å². The predicted octanol–water partition coefficient (Wildman–Crippen LogP) is 6.18. The second kappa shape index (κ2) is 6.32. The quantitative estimate of drug-likeness (QED) is 0.582. The average Bonchev–Trinajstić information content (AvgIpc) is 2.87. The number of thiophene rings is 1. The molecule has 0 atom stereocenters. The Morgan fingerprint density at radius 1 is 1.24 bits per heavy atom. The first-order valence-electron chi connectivity index (χ1n) is 6.33. The number of carbonyl (C=O) groups is 1. The molecule has 1 heterocycles. The van der Waals surface area contributed by atoms with Crippen LogP contribution in [0.5, 0.6) is 0 Å². The lowest BCUT2D eigenvalue weighted by Crippen LogP contribution is -2.06. The number of carbonyl (C=O) groups excluding carboxylic acids is 1. The van der Waals surface area contributed by atoms with Gasteiger partial charge in [0, 0.05) is 21.3 Å². The Balaban J connectivity index is 2.46. The Hall–Kier alpha value is -1.14. The van der Waals surface area contributed by atoms with Gasteiger partial charge in [-0.25, -0.2) is 0 Å². The van der Waals surface area contributed by atoms with Crippen LogP contribution < -0.4 is 0 Å². The van der Waals surface area contributed by atoms with Crippen molar-refractivity contribution in [3.63, 3.8) is 0 Å². The highest BCUT2D eigenvalue weighted by atomic mass is 79.9. The average molecular weight is 377 g/mol. The van der Waals surface area contributed by atoms with E-state index in [0.717, 1.165) is 23.8 Å². The summed E-state index contributed by atoms with van der Waals surface area (Å²) in [7, 11) is 0. The molecule has 0 unspecified atom stereocenters. The Labute approximate surface area is 132 Å². The molecule has 0 N–H and O–H groups in total. The standard InChI is InChI=1S/C15H12BrF3OS/c1-2-3-12(20)14-7-6-13(21-14)10-5-4-9(16)8-11(10)15(17,18)19/h4-8H,2-3H2,1H3. The second-order valence-corrected chi connectivity index (χ2v) is 6.52. The van der Waals surface area contributed by atoms with Gasteiger partial charge in [0.1, 0.15) is 0 Å². The van der Waals surface area contributed by atoms with Gasteiger partial charge in [-0.15, -0.1) is 11.3 Å². The van der Waals surface area contributed by atoms with E-state index in [2.05, 4.69) is 15.9 Å². The van der Waals surface area contributed by atoms with Crippen molar-refractivity contribution in [3.8, 4) is 10.4 Å². The molecule has 0 aliphatic rings. The van der Waals surface area contributed by atoms with E-state index in [4.69, 9.17) is 0 Å². The SMILES string of the molecule is CCCC(=O)c1ccc(-c2ccc(Br)cc2C(F)(F)F)s1. The van der Waals surface area contributed by atoms with Gasteiger partial charge in [0.25, 0.3) is 0 Å². The van der Waals surface area contributed by atoms with Gasteiger partial charge in [-0.3, -0.25) is 4.79 Å². The molecule has 6 heteroatoms. The van der Waals surface area contributed by atoms with E-state index in [9.17, 15) is 18.0 Å². The zero-order chi connectivity index (χ0) is 15.6. The van der Waals surface area contributed by atoms with Crippen LogP contribution in [0.15, 0.2) is 34.8 Å². The fraction of sp³-hybridized carbons (Fsp3) is 0.267.